The second kappa shape index (κ2) is 13.9. The molecule has 208 valence electrons. The Morgan fingerprint density at radius 3 is 2.05 bits per heavy atom. The van der Waals surface area contributed by atoms with Crippen molar-refractivity contribution in [3.63, 3.8) is 0 Å². The first kappa shape index (κ1) is 30.8. The van der Waals surface area contributed by atoms with E-state index in [-0.39, 0.29) is 12.8 Å². The van der Waals surface area contributed by atoms with Crippen molar-refractivity contribution in [2.45, 2.75) is 39.7 Å². The van der Waals surface area contributed by atoms with Crippen molar-refractivity contribution in [1.29, 1.82) is 0 Å². The van der Waals surface area contributed by atoms with E-state index in [9.17, 15) is 19.2 Å². The summed E-state index contributed by atoms with van der Waals surface area (Å²) >= 11 is 0. The zero-order valence-electron chi connectivity index (χ0n) is 22.5. The molecule has 0 heterocycles. The van der Waals surface area contributed by atoms with E-state index >= 15 is 0 Å². The van der Waals surface area contributed by atoms with Crippen molar-refractivity contribution >= 4 is 40.3 Å². The Morgan fingerprint density at radius 1 is 0.923 bits per heavy atom. The van der Waals surface area contributed by atoms with Gasteiger partial charge in [-0.3, -0.25) is 24.5 Å². The van der Waals surface area contributed by atoms with Crippen LogP contribution in [0.4, 0.5) is 10.5 Å². The van der Waals surface area contributed by atoms with Gasteiger partial charge in [-0.05, 0) is 40.3 Å². The van der Waals surface area contributed by atoms with Gasteiger partial charge < -0.3 is 16.2 Å². The van der Waals surface area contributed by atoms with E-state index in [1.54, 1.807) is 50.5 Å². The van der Waals surface area contributed by atoms with E-state index < -0.39 is 41.2 Å². The van der Waals surface area contributed by atoms with Crippen LogP contribution in [0.25, 0.3) is 10.8 Å². The normalized spacial score (nSPS) is 12.3. The number of para-hydroxylation sites is 1. The molecule has 10 heteroatoms. The first-order valence-corrected chi connectivity index (χ1v) is 12.4. The van der Waals surface area contributed by atoms with Crippen LogP contribution in [-0.2, 0) is 20.8 Å². The van der Waals surface area contributed by atoms with E-state index in [0.29, 0.717) is 5.69 Å². The molecular formula is C29H36N4O6. The number of primary amides is 1. The van der Waals surface area contributed by atoms with Gasteiger partial charge in [0.25, 0.3) is 0 Å². The molecule has 2 atom stereocenters. The molecule has 0 aromatic heterocycles. The summed E-state index contributed by atoms with van der Waals surface area (Å²) in [6.07, 6.45) is -0.888. The summed E-state index contributed by atoms with van der Waals surface area (Å²) in [6.45, 7) is 5.38. The maximum atomic E-state index is 12.8. The fourth-order valence-corrected chi connectivity index (χ4v) is 3.91. The van der Waals surface area contributed by atoms with Crippen molar-refractivity contribution in [3.8, 4) is 0 Å². The largest absolute Gasteiger partial charge is 0.465 e. The van der Waals surface area contributed by atoms with Crippen LogP contribution in [0.1, 0.15) is 32.8 Å². The van der Waals surface area contributed by atoms with E-state index in [1.807, 2.05) is 48.5 Å². The lowest BCUT2D eigenvalue weighted by atomic mass is 9.85. The molecule has 6 N–H and O–H groups in total. The second-order valence-corrected chi connectivity index (χ2v) is 10.2. The summed E-state index contributed by atoms with van der Waals surface area (Å²) in [5, 5.41) is 22.2. The third kappa shape index (κ3) is 9.42. The standard InChI is InChI=1S/C21H27N3O4.C8H9NO2/c1-21(2,3)18(19(22)26)23-20(27)16(12-17(25)24-28)11-13-8-9-14-6-4-5-7-15(14)10-13;1-9(8(10)11)7-5-3-2-4-6-7/h4-10,16,18,28H,11-12H2,1-3H3,(H2,22,26)(H,23,27)(H,24,25);2-6H,1H3,(H,10,11)/t16?,18-;/m1./s1. The Balaban J connectivity index is 0.000000404. The van der Waals surface area contributed by atoms with Crippen LogP contribution in [0.15, 0.2) is 72.8 Å². The van der Waals surface area contributed by atoms with Crippen LogP contribution in [0, 0.1) is 11.3 Å². The van der Waals surface area contributed by atoms with Gasteiger partial charge >= 0.3 is 6.09 Å². The number of carbonyl (C=O) groups excluding carboxylic acids is 3. The zero-order valence-corrected chi connectivity index (χ0v) is 22.5. The maximum absolute atomic E-state index is 12.8. The van der Waals surface area contributed by atoms with Gasteiger partial charge in [-0.25, -0.2) is 10.3 Å². The first-order valence-electron chi connectivity index (χ1n) is 12.4. The Labute approximate surface area is 227 Å². The molecule has 1 unspecified atom stereocenters. The lowest BCUT2D eigenvalue weighted by Gasteiger charge is -2.30. The summed E-state index contributed by atoms with van der Waals surface area (Å²) < 4.78 is 0. The Hall–Kier alpha value is -4.44. The third-order valence-electron chi connectivity index (χ3n) is 6.09. The van der Waals surface area contributed by atoms with Gasteiger partial charge in [0.1, 0.15) is 6.04 Å². The van der Waals surface area contributed by atoms with Gasteiger partial charge in [0, 0.05) is 19.2 Å². The van der Waals surface area contributed by atoms with E-state index in [0.717, 1.165) is 16.3 Å². The first-order chi connectivity index (χ1) is 18.3. The summed E-state index contributed by atoms with van der Waals surface area (Å²) in [5.41, 5.74) is 7.98. The number of nitrogens with two attached hydrogens (primary N) is 1. The molecule has 0 saturated carbocycles. The molecule has 0 aliphatic rings. The molecule has 3 aromatic rings. The van der Waals surface area contributed by atoms with Gasteiger partial charge in [-0.1, -0.05) is 81.4 Å². The van der Waals surface area contributed by atoms with Gasteiger partial charge in [0.15, 0.2) is 0 Å². The number of nitrogens with zero attached hydrogens (tertiary/aromatic N) is 1. The van der Waals surface area contributed by atoms with Crippen LogP contribution < -0.4 is 21.4 Å². The summed E-state index contributed by atoms with van der Waals surface area (Å²) in [6, 6.07) is 21.7. The van der Waals surface area contributed by atoms with Crippen LogP contribution in [0.3, 0.4) is 0 Å². The number of carboxylic acid groups (broad SMARTS) is 1. The smallest absolute Gasteiger partial charge is 0.411 e. The van der Waals surface area contributed by atoms with E-state index in [4.69, 9.17) is 16.0 Å². The summed E-state index contributed by atoms with van der Waals surface area (Å²) in [5.74, 6) is -2.54. The molecule has 4 amide bonds. The lowest BCUT2D eigenvalue weighted by molar-refractivity contribution is -0.136. The molecule has 0 spiro atoms. The Bertz CT molecular complexity index is 1290. The van der Waals surface area contributed by atoms with Crippen LogP contribution in [0.5, 0.6) is 0 Å². The summed E-state index contributed by atoms with van der Waals surface area (Å²) in [4.78, 5) is 47.9. The average molecular weight is 537 g/mol. The molecule has 39 heavy (non-hydrogen) atoms. The molecule has 10 nitrogen and oxygen atoms in total. The number of hydroxylamine groups is 1. The van der Waals surface area contributed by atoms with Crippen molar-refractivity contribution in [2.75, 3.05) is 11.9 Å². The van der Waals surface area contributed by atoms with E-state index in [1.165, 1.54) is 11.9 Å². The highest BCUT2D eigenvalue weighted by atomic mass is 16.5. The molecule has 3 rings (SSSR count). The Kier molecular flexibility index (Phi) is 11.0. The molecular weight excluding hydrogens is 500 g/mol. The number of anilines is 1. The number of nitrogens with one attached hydrogen (secondary N) is 2. The quantitative estimate of drug-likeness (QED) is 0.218. The number of hydrogen-bond acceptors (Lipinski definition) is 5. The van der Waals surface area contributed by atoms with Crippen molar-refractivity contribution < 1.29 is 29.5 Å². The second-order valence-electron chi connectivity index (χ2n) is 10.2. The van der Waals surface area contributed by atoms with Crippen molar-refractivity contribution in [1.82, 2.24) is 10.8 Å². The third-order valence-corrected chi connectivity index (χ3v) is 6.09. The molecule has 3 aromatic carbocycles. The number of fused-ring (bicyclic) bond motifs is 1. The minimum atomic E-state index is -0.948. The van der Waals surface area contributed by atoms with Crippen LogP contribution in [-0.4, -0.2) is 47.2 Å². The topological polar surface area (TPSA) is 162 Å². The number of carbonyl (C=O) groups is 4. The molecule has 0 radical (unpaired) electrons. The van der Waals surface area contributed by atoms with Crippen molar-refractivity contribution in [2.24, 2.45) is 17.1 Å². The summed E-state index contributed by atoms with van der Waals surface area (Å²) in [7, 11) is 1.51. The minimum Gasteiger partial charge on any atom is -0.465 e. The van der Waals surface area contributed by atoms with Gasteiger partial charge in [0.2, 0.25) is 17.7 Å². The molecule has 0 aliphatic carbocycles. The predicted octanol–water partition coefficient (Wildman–Crippen LogP) is 3.71. The maximum Gasteiger partial charge on any atom is 0.411 e. The van der Waals surface area contributed by atoms with Gasteiger partial charge in [-0.15, -0.1) is 0 Å². The van der Waals surface area contributed by atoms with Gasteiger partial charge in [0.05, 0.1) is 5.92 Å². The molecule has 0 aliphatic heterocycles. The number of benzene rings is 3. The zero-order chi connectivity index (χ0) is 29.2. The average Bonchev–Trinajstić information content (AvgIpc) is 2.90. The SMILES string of the molecule is CC(C)(C)[C@H](NC(=O)C(CC(=O)NO)Cc1ccc2ccccc2c1)C(N)=O.CN(C(=O)O)c1ccccc1. The lowest BCUT2D eigenvalue weighted by Crippen LogP contribution is -2.53. The van der Waals surface area contributed by atoms with Crippen molar-refractivity contribution in [3.05, 3.63) is 78.4 Å². The highest BCUT2D eigenvalue weighted by molar-refractivity contribution is 5.91. The molecule has 0 fully saturated rings. The minimum absolute atomic E-state index is 0.217. The fourth-order valence-electron chi connectivity index (χ4n) is 3.91. The number of hydrogen-bond donors (Lipinski definition) is 5. The van der Waals surface area contributed by atoms with Crippen LogP contribution >= 0.6 is 0 Å². The van der Waals surface area contributed by atoms with Crippen LogP contribution in [0.2, 0.25) is 0 Å². The van der Waals surface area contributed by atoms with E-state index in [2.05, 4.69) is 5.32 Å². The predicted molar refractivity (Wildman–Crippen MR) is 149 cm³/mol. The number of rotatable bonds is 8. The highest BCUT2D eigenvalue weighted by Gasteiger charge is 2.33. The Morgan fingerprint density at radius 2 is 1.51 bits per heavy atom. The fraction of sp³-hybridized carbons (Fsp3) is 0.310. The highest BCUT2D eigenvalue weighted by Crippen LogP contribution is 2.22. The number of amides is 4. The molecule has 0 bridgehead atoms. The van der Waals surface area contributed by atoms with Gasteiger partial charge in [-0.2, -0.15) is 0 Å². The monoisotopic (exact) mass is 536 g/mol. The molecule has 0 saturated heterocycles.